The fraction of sp³-hybridized carbons (Fsp3) is 0.867. The number of likely N-dealkylation sites (tertiary alicyclic amines) is 1. The molecule has 0 amide bonds. The van der Waals surface area contributed by atoms with Crippen molar-refractivity contribution < 1.29 is 4.74 Å². The lowest BCUT2D eigenvalue weighted by atomic mass is 9.90. The Morgan fingerprint density at radius 2 is 2.24 bits per heavy atom. The lowest BCUT2D eigenvalue weighted by Crippen LogP contribution is -2.51. The molecule has 0 saturated carbocycles. The van der Waals surface area contributed by atoms with Gasteiger partial charge in [-0.05, 0) is 25.9 Å². The number of hydrogen-bond donors (Lipinski definition) is 0. The quantitative estimate of drug-likeness (QED) is 0.829. The summed E-state index contributed by atoms with van der Waals surface area (Å²) >= 11 is 0. The zero-order valence-electron chi connectivity index (χ0n) is 13.6. The van der Waals surface area contributed by atoms with Gasteiger partial charge in [0.1, 0.15) is 0 Å². The van der Waals surface area contributed by atoms with Gasteiger partial charge in [-0.1, -0.05) is 19.1 Å². The minimum absolute atomic E-state index is 0.289. The lowest BCUT2D eigenvalue weighted by Gasteiger charge is -2.43. The Kier molecular flexibility index (Phi) is 4.03. The fourth-order valence-corrected chi connectivity index (χ4v) is 3.90. The molecule has 0 aromatic carbocycles. The first kappa shape index (κ1) is 14.9. The predicted octanol–water partition coefficient (Wildman–Crippen LogP) is 1.01. The third kappa shape index (κ3) is 3.27. The molecular weight excluding hydrogens is 266 g/mol. The third-order valence-electron chi connectivity index (χ3n) is 4.41. The minimum atomic E-state index is 0.289. The highest BCUT2D eigenvalue weighted by molar-refractivity contribution is 5.01. The van der Waals surface area contributed by atoms with Crippen molar-refractivity contribution in [3.63, 3.8) is 0 Å². The summed E-state index contributed by atoms with van der Waals surface area (Å²) in [5.74, 6) is 0. The van der Waals surface area contributed by atoms with Crippen molar-refractivity contribution in [2.45, 2.75) is 39.0 Å². The number of ether oxygens (including phenoxy) is 1. The number of nitrogens with zero attached hydrogens (tertiary/aromatic N) is 5. The Hall–Kier alpha value is -0.980. The van der Waals surface area contributed by atoms with Gasteiger partial charge in [0.15, 0.2) is 0 Å². The first-order chi connectivity index (χ1) is 9.94. The summed E-state index contributed by atoms with van der Waals surface area (Å²) in [6, 6.07) is 0.320. The fourth-order valence-electron chi connectivity index (χ4n) is 3.90. The van der Waals surface area contributed by atoms with Crippen molar-refractivity contribution in [1.29, 1.82) is 0 Å². The van der Waals surface area contributed by atoms with E-state index in [4.69, 9.17) is 4.74 Å². The van der Waals surface area contributed by atoms with Crippen molar-refractivity contribution in [1.82, 2.24) is 24.8 Å². The molecule has 0 aliphatic carbocycles. The molecule has 21 heavy (non-hydrogen) atoms. The molecule has 2 aliphatic rings. The molecule has 3 rings (SSSR count). The monoisotopic (exact) mass is 293 g/mol. The molecule has 1 aromatic heterocycles. The Morgan fingerprint density at radius 3 is 3.00 bits per heavy atom. The van der Waals surface area contributed by atoms with Crippen LogP contribution in [0.25, 0.3) is 0 Å². The van der Waals surface area contributed by atoms with Gasteiger partial charge in [0.2, 0.25) is 0 Å². The van der Waals surface area contributed by atoms with E-state index in [1.54, 1.807) is 0 Å². The molecular formula is C15H27N5O. The summed E-state index contributed by atoms with van der Waals surface area (Å²) < 4.78 is 8.06. The van der Waals surface area contributed by atoms with Gasteiger partial charge in [-0.25, -0.2) is 4.68 Å². The smallest absolute Gasteiger partial charge is 0.0929 e. The van der Waals surface area contributed by atoms with Crippen LogP contribution in [-0.4, -0.2) is 71.2 Å². The van der Waals surface area contributed by atoms with E-state index in [0.29, 0.717) is 18.8 Å². The summed E-state index contributed by atoms with van der Waals surface area (Å²) in [7, 11) is 4.29. The van der Waals surface area contributed by atoms with Gasteiger partial charge in [-0.3, -0.25) is 0 Å². The van der Waals surface area contributed by atoms with Crippen LogP contribution in [-0.2, 0) is 11.3 Å². The molecule has 2 atom stereocenters. The average Bonchev–Trinajstić information content (AvgIpc) is 2.85. The minimum Gasteiger partial charge on any atom is -0.370 e. The van der Waals surface area contributed by atoms with Gasteiger partial charge < -0.3 is 14.5 Å². The maximum absolute atomic E-state index is 5.97. The van der Waals surface area contributed by atoms with Crippen molar-refractivity contribution in [3.05, 3.63) is 11.9 Å². The predicted molar refractivity (Wildman–Crippen MR) is 81.0 cm³/mol. The molecule has 6 nitrogen and oxygen atoms in total. The van der Waals surface area contributed by atoms with E-state index in [1.165, 1.54) is 0 Å². The topological polar surface area (TPSA) is 46.4 Å². The second-order valence-corrected chi connectivity index (χ2v) is 7.51. The summed E-state index contributed by atoms with van der Waals surface area (Å²) in [5.41, 5.74) is 1.39. The maximum Gasteiger partial charge on any atom is 0.0929 e. The zero-order chi connectivity index (χ0) is 15.0. The Bertz CT molecular complexity index is 484. The van der Waals surface area contributed by atoms with Crippen LogP contribution in [0.1, 0.15) is 32.0 Å². The zero-order valence-corrected chi connectivity index (χ0v) is 13.6. The van der Waals surface area contributed by atoms with Crippen LogP contribution in [0.3, 0.4) is 0 Å². The standard InChI is InChI=1S/C15H27N5O/c1-15(2,10-18(3)4)11-19-6-5-14-13(8-19)20-12(9-21-14)7-16-17-20/h7,13-14H,5-6,8-11H2,1-4H3/t13-,14+/m1/s1. The number of piperidine rings is 1. The van der Waals surface area contributed by atoms with Crippen LogP contribution in [0.2, 0.25) is 0 Å². The number of rotatable bonds is 4. The molecule has 1 aromatic rings. The highest BCUT2D eigenvalue weighted by Crippen LogP contribution is 2.31. The maximum atomic E-state index is 5.97. The summed E-state index contributed by atoms with van der Waals surface area (Å²) in [6.07, 6.45) is 3.21. The molecule has 1 saturated heterocycles. The van der Waals surface area contributed by atoms with E-state index in [0.717, 1.165) is 38.3 Å². The number of aromatic nitrogens is 3. The highest BCUT2D eigenvalue weighted by Gasteiger charge is 2.37. The van der Waals surface area contributed by atoms with Crippen LogP contribution in [0.4, 0.5) is 0 Å². The molecule has 6 heteroatoms. The van der Waals surface area contributed by atoms with E-state index >= 15 is 0 Å². The third-order valence-corrected chi connectivity index (χ3v) is 4.41. The molecule has 118 valence electrons. The van der Waals surface area contributed by atoms with Gasteiger partial charge in [0.25, 0.3) is 0 Å². The van der Waals surface area contributed by atoms with Crippen molar-refractivity contribution in [2.24, 2.45) is 5.41 Å². The molecule has 0 bridgehead atoms. The van der Waals surface area contributed by atoms with E-state index in [9.17, 15) is 0 Å². The summed E-state index contributed by atoms with van der Waals surface area (Å²) in [5, 5.41) is 8.31. The number of fused-ring (bicyclic) bond motifs is 3. The second kappa shape index (κ2) is 5.66. The van der Waals surface area contributed by atoms with Gasteiger partial charge in [-0.15, -0.1) is 5.10 Å². The van der Waals surface area contributed by atoms with Gasteiger partial charge in [-0.2, -0.15) is 0 Å². The van der Waals surface area contributed by atoms with Crippen LogP contribution in [0, 0.1) is 5.41 Å². The van der Waals surface area contributed by atoms with Crippen molar-refractivity contribution in [3.8, 4) is 0 Å². The number of hydrogen-bond acceptors (Lipinski definition) is 5. The molecule has 0 spiro atoms. The summed E-state index contributed by atoms with van der Waals surface area (Å²) in [6.45, 7) is 9.68. The SMILES string of the molecule is CN(C)CC(C)(C)CN1CC[C@@H]2OCc3cnnn3[C@@H]2C1. The Morgan fingerprint density at radius 1 is 1.43 bits per heavy atom. The van der Waals surface area contributed by atoms with Crippen LogP contribution in [0.5, 0.6) is 0 Å². The van der Waals surface area contributed by atoms with E-state index in [2.05, 4.69) is 52.7 Å². The Balaban J connectivity index is 1.67. The molecule has 2 aliphatic heterocycles. The summed E-state index contributed by atoms with van der Waals surface area (Å²) in [4.78, 5) is 4.83. The van der Waals surface area contributed by atoms with Gasteiger partial charge >= 0.3 is 0 Å². The van der Waals surface area contributed by atoms with E-state index in [1.807, 2.05) is 6.20 Å². The Labute approximate surface area is 127 Å². The van der Waals surface area contributed by atoms with Crippen LogP contribution < -0.4 is 0 Å². The molecule has 0 radical (unpaired) electrons. The average molecular weight is 293 g/mol. The van der Waals surface area contributed by atoms with Crippen LogP contribution >= 0.6 is 0 Å². The van der Waals surface area contributed by atoms with E-state index < -0.39 is 0 Å². The first-order valence-corrected chi connectivity index (χ1v) is 7.82. The van der Waals surface area contributed by atoms with Gasteiger partial charge in [0.05, 0.1) is 30.6 Å². The first-order valence-electron chi connectivity index (χ1n) is 7.82. The molecule has 0 unspecified atom stereocenters. The largest absolute Gasteiger partial charge is 0.370 e. The molecule has 1 fully saturated rings. The normalized spacial score (nSPS) is 26.7. The molecule has 3 heterocycles. The van der Waals surface area contributed by atoms with Crippen molar-refractivity contribution >= 4 is 0 Å². The lowest BCUT2D eigenvalue weighted by molar-refractivity contribution is -0.0705. The van der Waals surface area contributed by atoms with Crippen molar-refractivity contribution in [2.75, 3.05) is 40.3 Å². The van der Waals surface area contributed by atoms with Crippen LogP contribution in [0.15, 0.2) is 6.20 Å². The molecule has 0 N–H and O–H groups in total. The second-order valence-electron chi connectivity index (χ2n) is 7.51. The van der Waals surface area contributed by atoms with E-state index in [-0.39, 0.29) is 5.41 Å². The highest BCUT2D eigenvalue weighted by atomic mass is 16.5. The van der Waals surface area contributed by atoms with Gasteiger partial charge in [0, 0.05) is 26.2 Å².